The maximum Gasteiger partial charge on any atom is 0.0857 e. The lowest BCUT2D eigenvalue weighted by Crippen LogP contribution is -1.69. The highest BCUT2D eigenvalue weighted by Crippen LogP contribution is 2.12. The molecule has 0 saturated heterocycles. The molecular weight excluding hydrogens is 184 g/mol. The minimum Gasteiger partial charge on any atom is -0.151 e. The van der Waals surface area contributed by atoms with Gasteiger partial charge < -0.3 is 0 Å². The number of allylic oxidation sites excluding steroid dienone is 4. The van der Waals surface area contributed by atoms with E-state index in [4.69, 9.17) is 0 Å². The second-order valence-corrected chi connectivity index (χ2v) is 2.86. The van der Waals surface area contributed by atoms with Gasteiger partial charge in [0.15, 0.2) is 0 Å². The van der Waals surface area contributed by atoms with Crippen LogP contribution in [0.3, 0.4) is 0 Å². The summed E-state index contributed by atoms with van der Waals surface area (Å²) in [7, 11) is 0. The molecule has 0 aliphatic rings. The summed E-state index contributed by atoms with van der Waals surface area (Å²) in [6.07, 6.45) is 7.30. The van der Waals surface area contributed by atoms with Crippen molar-refractivity contribution in [1.29, 1.82) is 0 Å². The Kier molecular flexibility index (Phi) is 4.81. The van der Waals surface area contributed by atoms with Crippen molar-refractivity contribution in [3.63, 3.8) is 0 Å². The second-order valence-electron chi connectivity index (χ2n) is 2.86. The van der Waals surface area contributed by atoms with Gasteiger partial charge in [-0.15, -0.1) is 0 Å². The smallest absolute Gasteiger partial charge is 0.0857 e. The number of azo groups is 1. The van der Waals surface area contributed by atoms with Gasteiger partial charge >= 0.3 is 0 Å². The predicted octanol–water partition coefficient (Wildman–Crippen LogP) is 4.42. The number of nitrogens with zero attached hydrogens (tertiary/aromatic N) is 2. The molecule has 2 nitrogen and oxygen atoms in total. The van der Waals surface area contributed by atoms with Gasteiger partial charge in [0.05, 0.1) is 11.4 Å². The molecule has 0 aromatic heterocycles. The van der Waals surface area contributed by atoms with Crippen LogP contribution >= 0.6 is 0 Å². The SMILES string of the molecule is C=C/C=C(\C=C/C)/N=N\c1ccccc1. The van der Waals surface area contributed by atoms with Gasteiger partial charge in [0.2, 0.25) is 0 Å². The molecule has 1 aromatic rings. The van der Waals surface area contributed by atoms with Crippen molar-refractivity contribution in [3.8, 4) is 0 Å². The molecule has 0 unspecified atom stereocenters. The fourth-order valence-corrected chi connectivity index (χ4v) is 1.02. The minimum atomic E-state index is 0.788. The molecule has 0 fully saturated rings. The van der Waals surface area contributed by atoms with Crippen molar-refractivity contribution >= 4 is 5.69 Å². The van der Waals surface area contributed by atoms with Crippen molar-refractivity contribution in [2.45, 2.75) is 6.92 Å². The van der Waals surface area contributed by atoms with Crippen LogP contribution in [-0.4, -0.2) is 0 Å². The van der Waals surface area contributed by atoms with Gasteiger partial charge in [-0.2, -0.15) is 10.2 Å². The molecule has 1 rings (SSSR count). The topological polar surface area (TPSA) is 24.7 Å². The van der Waals surface area contributed by atoms with E-state index in [-0.39, 0.29) is 0 Å². The molecule has 0 radical (unpaired) electrons. The molecule has 76 valence electrons. The highest BCUT2D eigenvalue weighted by molar-refractivity contribution is 5.35. The van der Waals surface area contributed by atoms with Gasteiger partial charge in [-0.05, 0) is 31.2 Å². The van der Waals surface area contributed by atoms with E-state index in [1.165, 1.54) is 0 Å². The molecular formula is C13H14N2. The number of benzene rings is 1. The van der Waals surface area contributed by atoms with E-state index in [2.05, 4.69) is 16.8 Å². The predicted molar refractivity (Wildman–Crippen MR) is 64.1 cm³/mol. The lowest BCUT2D eigenvalue weighted by Gasteiger charge is -1.91. The average Bonchev–Trinajstić information content (AvgIpc) is 2.28. The Morgan fingerprint density at radius 2 is 2.00 bits per heavy atom. The summed E-state index contributed by atoms with van der Waals surface area (Å²) in [5, 5.41) is 8.20. The van der Waals surface area contributed by atoms with Crippen molar-refractivity contribution < 1.29 is 0 Å². The zero-order chi connectivity index (χ0) is 10.9. The van der Waals surface area contributed by atoms with Crippen LogP contribution in [0.5, 0.6) is 0 Å². The van der Waals surface area contributed by atoms with Crippen molar-refractivity contribution in [2.24, 2.45) is 10.2 Å². The summed E-state index contributed by atoms with van der Waals surface area (Å²) in [5.41, 5.74) is 1.63. The molecule has 0 atom stereocenters. The molecule has 0 N–H and O–H groups in total. The lowest BCUT2D eigenvalue weighted by molar-refractivity contribution is 1.17. The number of rotatable bonds is 4. The molecule has 1 aromatic carbocycles. The quantitative estimate of drug-likeness (QED) is 0.505. The molecule has 2 heteroatoms. The van der Waals surface area contributed by atoms with E-state index < -0.39 is 0 Å². The monoisotopic (exact) mass is 198 g/mol. The first-order valence-electron chi connectivity index (χ1n) is 4.79. The number of hydrogen-bond acceptors (Lipinski definition) is 2. The van der Waals surface area contributed by atoms with Gasteiger partial charge in [-0.1, -0.05) is 36.9 Å². The van der Waals surface area contributed by atoms with Crippen molar-refractivity contribution in [1.82, 2.24) is 0 Å². The van der Waals surface area contributed by atoms with Crippen LogP contribution in [0.1, 0.15) is 6.92 Å². The zero-order valence-electron chi connectivity index (χ0n) is 8.80. The van der Waals surface area contributed by atoms with Crippen LogP contribution in [0.25, 0.3) is 0 Å². The summed E-state index contributed by atoms with van der Waals surface area (Å²) in [5.74, 6) is 0. The van der Waals surface area contributed by atoms with E-state index >= 15 is 0 Å². The number of hydrogen-bond donors (Lipinski definition) is 0. The summed E-state index contributed by atoms with van der Waals surface area (Å²) < 4.78 is 0. The van der Waals surface area contributed by atoms with Crippen LogP contribution in [-0.2, 0) is 0 Å². The van der Waals surface area contributed by atoms with Crippen LogP contribution < -0.4 is 0 Å². The van der Waals surface area contributed by atoms with Crippen LogP contribution in [0, 0.1) is 0 Å². The highest BCUT2D eigenvalue weighted by Gasteiger charge is 1.87. The first-order valence-corrected chi connectivity index (χ1v) is 4.79. The summed E-state index contributed by atoms with van der Waals surface area (Å²) in [6, 6.07) is 9.63. The fraction of sp³-hybridized carbons (Fsp3) is 0.0769. The Balaban J connectivity index is 2.79. The summed E-state index contributed by atoms with van der Waals surface area (Å²) in [6.45, 7) is 5.57. The molecule has 0 aliphatic heterocycles. The lowest BCUT2D eigenvalue weighted by atomic mass is 10.3. The van der Waals surface area contributed by atoms with Gasteiger partial charge in [-0.25, -0.2) is 0 Å². The maximum absolute atomic E-state index is 4.10. The van der Waals surface area contributed by atoms with Gasteiger partial charge in [0.25, 0.3) is 0 Å². The zero-order valence-corrected chi connectivity index (χ0v) is 8.80. The molecule has 0 saturated carbocycles. The van der Waals surface area contributed by atoms with E-state index in [9.17, 15) is 0 Å². The molecule has 0 aliphatic carbocycles. The summed E-state index contributed by atoms with van der Waals surface area (Å²) >= 11 is 0. The van der Waals surface area contributed by atoms with Crippen LogP contribution in [0.15, 0.2) is 77.1 Å². The van der Waals surface area contributed by atoms with E-state index in [0.29, 0.717) is 0 Å². The third-order valence-corrected chi connectivity index (χ3v) is 1.66. The first kappa shape index (κ1) is 11.1. The van der Waals surface area contributed by atoms with Gasteiger partial charge in [-0.3, -0.25) is 0 Å². The third-order valence-electron chi connectivity index (χ3n) is 1.66. The Morgan fingerprint density at radius 3 is 2.60 bits per heavy atom. The standard InChI is InChI=1S/C13H14N2/c1-3-8-12(9-4-2)14-15-13-10-6-5-7-11-13/h3-11H,1H2,2H3/b9-4-,12-8+,15-14-. The fourth-order valence-electron chi connectivity index (χ4n) is 1.02. The first-order chi connectivity index (χ1) is 7.36. The molecule has 0 heterocycles. The third kappa shape index (κ3) is 4.18. The minimum absolute atomic E-state index is 0.788. The Bertz CT molecular complexity index is 386. The molecule has 15 heavy (non-hydrogen) atoms. The Morgan fingerprint density at radius 1 is 1.27 bits per heavy atom. The average molecular weight is 198 g/mol. The van der Waals surface area contributed by atoms with Gasteiger partial charge in [0, 0.05) is 0 Å². The maximum atomic E-state index is 4.10. The Hall–Kier alpha value is -1.96. The highest BCUT2D eigenvalue weighted by atomic mass is 15.1. The van der Waals surface area contributed by atoms with Gasteiger partial charge in [0.1, 0.15) is 0 Å². The van der Waals surface area contributed by atoms with Crippen LogP contribution in [0.4, 0.5) is 5.69 Å². The molecule has 0 amide bonds. The van der Waals surface area contributed by atoms with Crippen molar-refractivity contribution in [3.05, 3.63) is 66.9 Å². The molecule has 0 bridgehead atoms. The largest absolute Gasteiger partial charge is 0.151 e. The second kappa shape index (κ2) is 6.49. The van der Waals surface area contributed by atoms with E-state index in [1.54, 1.807) is 6.08 Å². The normalized spacial score (nSPS) is 12.5. The molecule has 0 spiro atoms. The summed E-state index contributed by atoms with van der Waals surface area (Å²) in [4.78, 5) is 0. The van der Waals surface area contributed by atoms with E-state index in [0.717, 1.165) is 11.4 Å². The van der Waals surface area contributed by atoms with E-state index in [1.807, 2.05) is 55.5 Å². The van der Waals surface area contributed by atoms with Crippen molar-refractivity contribution in [2.75, 3.05) is 0 Å². The Labute approximate surface area is 90.4 Å². The van der Waals surface area contributed by atoms with Crippen LogP contribution in [0.2, 0.25) is 0 Å².